The van der Waals surface area contributed by atoms with Crippen molar-refractivity contribution in [2.45, 2.75) is 25.4 Å². The highest BCUT2D eigenvalue weighted by Crippen LogP contribution is 2.30. The van der Waals surface area contributed by atoms with Gasteiger partial charge in [-0.3, -0.25) is 9.52 Å². The Kier molecular flexibility index (Phi) is 6.79. The molecule has 0 atom stereocenters. The van der Waals surface area contributed by atoms with Crippen molar-refractivity contribution >= 4 is 27.7 Å². The van der Waals surface area contributed by atoms with Gasteiger partial charge in [0.05, 0.1) is 12.5 Å². The number of carbonyl (C=O) groups excluding carboxylic acids is 1. The van der Waals surface area contributed by atoms with Gasteiger partial charge in [-0.25, -0.2) is 8.42 Å². The monoisotopic (exact) mass is 462 g/mol. The SMILES string of the molecule is COc1ccc(CN(C(=O)c2ccc(NS(=O)(=O)/C=C/c3ccccc3)cc2)C2CC2)cc1. The summed E-state index contributed by atoms with van der Waals surface area (Å²) in [6.07, 6.45) is 3.52. The van der Waals surface area contributed by atoms with Gasteiger partial charge < -0.3 is 9.64 Å². The molecule has 1 aliphatic rings. The molecular weight excluding hydrogens is 436 g/mol. The summed E-state index contributed by atoms with van der Waals surface area (Å²) in [7, 11) is -2.04. The van der Waals surface area contributed by atoms with E-state index in [9.17, 15) is 13.2 Å². The molecule has 1 saturated carbocycles. The van der Waals surface area contributed by atoms with Crippen LogP contribution in [0.2, 0.25) is 0 Å². The zero-order chi connectivity index (χ0) is 23.3. The number of ether oxygens (including phenoxy) is 1. The molecule has 1 aliphatic carbocycles. The molecule has 1 fully saturated rings. The van der Waals surface area contributed by atoms with Crippen LogP contribution in [0.4, 0.5) is 5.69 Å². The third-order valence-corrected chi connectivity index (χ3v) is 6.41. The molecule has 0 radical (unpaired) electrons. The number of hydrogen-bond donors (Lipinski definition) is 1. The number of hydrogen-bond acceptors (Lipinski definition) is 4. The van der Waals surface area contributed by atoms with E-state index in [1.807, 2.05) is 59.5 Å². The van der Waals surface area contributed by atoms with E-state index in [4.69, 9.17) is 4.74 Å². The van der Waals surface area contributed by atoms with Crippen LogP contribution in [0.3, 0.4) is 0 Å². The molecule has 3 aromatic carbocycles. The number of methoxy groups -OCH3 is 1. The van der Waals surface area contributed by atoms with E-state index in [-0.39, 0.29) is 11.9 Å². The number of amides is 1. The number of nitrogens with zero attached hydrogens (tertiary/aromatic N) is 1. The van der Waals surface area contributed by atoms with Crippen molar-refractivity contribution in [2.24, 2.45) is 0 Å². The Morgan fingerprint density at radius 3 is 2.27 bits per heavy atom. The highest BCUT2D eigenvalue weighted by molar-refractivity contribution is 7.95. The van der Waals surface area contributed by atoms with Gasteiger partial charge in [0, 0.05) is 23.8 Å². The van der Waals surface area contributed by atoms with E-state index in [0.29, 0.717) is 17.8 Å². The van der Waals surface area contributed by atoms with Crippen molar-refractivity contribution in [1.29, 1.82) is 0 Å². The number of rotatable bonds is 9. The summed E-state index contributed by atoms with van der Waals surface area (Å²) in [5.74, 6) is 0.714. The molecule has 170 valence electrons. The highest BCUT2D eigenvalue weighted by Gasteiger charge is 2.33. The third kappa shape index (κ3) is 6.23. The molecule has 33 heavy (non-hydrogen) atoms. The molecule has 4 rings (SSSR count). The number of nitrogens with one attached hydrogen (secondary N) is 1. The summed E-state index contributed by atoms with van der Waals surface area (Å²) in [5, 5.41) is 1.13. The predicted octanol–water partition coefficient (Wildman–Crippen LogP) is 4.91. The van der Waals surface area contributed by atoms with Crippen molar-refractivity contribution in [3.63, 3.8) is 0 Å². The minimum absolute atomic E-state index is 0.0632. The number of benzene rings is 3. The average molecular weight is 463 g/mol. The van der Waals surface area contributed by atoms with E-state index in [1.165, 1.54) is 6.08 Å². The lowest BCUT2D eigenvalue weighted by Crippen LogP contribution is -2.32. The lowest BCUT2D eigenvalue weighted by molar-refractivity contribution is 0.0730. The largest absolute Gasteiger partial charge is 0.497 e. The normalized spacial score (nSPS) is 13.6. The molecule has 7 heteroatoms. The Labute approximate surface area is 194 Å². The molecular formula is C26H26N2O4S. The quantitative estimate of drug-likeness (QED) is 0.490. The van der Waals surface area contributed by atoms with E-state index in [0.717, 1.165) is 35.1 Å². The maximum atomic E-state index is 13.2. The van der Waals surface area contributed by atoms with Gasteiger partial charge in [-0.05, 0) is 66.4 Å². The van der Waals surface area contributed by atoms with E-state index in [2.05, 4.69) is 4.72 Å². The van der Waals surface area contributed by atoms with Crippen molar-refractivity contribution in [2.75, 3.05) is 11.8 Å². The molecule has 0 spiro atoms. The summed E-state index contributed by atoms with van der Waals surface area (Å²) < 4.78 is 32.4. The van der Waals surface area contributed by atoms with Gasteiger partial charge in [0.2, 0.25) is 0 Å². The molecule has 3 aromatic rings. The second kappa shape index (κ2) is 9.92. The molecule has 0 aromatic heterocycles. The van der Waals surface area contributed by atoms with Crippen LogP contribution >= 0.6 is 0 Å². The smallest absolute Gasteiger partial charge is 0.255 e. The first kappa shape index (κ1) is 22.6. The van der Waals surface area contributed by atoms with Crippen molar-refractivity contribution in [3.05, 3.63) is 101 Å². The van der Waals surface area contributed by atoms with Gasteiger partial charge in [-0.2, -0.15) is 0 Å². The molecule has 0 unspecified atom stereocenters. The molecule has 1 amide bonds. The van der Waals surface area contributed by atoms with Gasteiger partial charge >= 0.3 is 0 Å². The first-order valence-corrected chi connectivity index (χ1v) is 12.3. The molecule has 1 N–H and O–H groups in total. The maximum absolute atomic E-state index is 13.2. The molecule has 6 nitrogen and oxygen atoms in total. The van der Waals surface area contributed by atoms with Gasteiger partial charge in [0.25, 0.3) is 15.9 Å². The van der Waals surface area contributed by atoms with Crippen LogP contribution in [0.5, 0.6) is 5.75 Å². The summed E-state index contributed by atoms with van der Waals surface area (Å²) >= 11 is 0. The maximum Gasteiger partial charge on any atom is 0.255 e. The topological polar surface area (TPSA) is 75.7 Å². The lowest BCUT2D eigenvalue weighted by Gasteiger charge is -2.23. The van der Waals surface area contributed by atoms with E-state index >= 15 is 0 Å². The minimum atomic E-state index is -3.67. The number of carbonyl (C=O) groups is 1. The summed E-state index contributed by atoms with van der Waals surface area (Å²) in [6, 6.07) is 23.7. The van der Waals surface area contributed by atoms with Gasteiger partial charge in [-0.15, -0.1) is 0 Å². The molecule has 0 aliphatic heterocycles. The Hall–Kier alpha value is -3.58. The Balaban J connectivity index is 1.42. The van der Waals surface area contributed by atoms with Crippen LogP contribution in [0.15, 0.2) is 84.3 Å². The van der Waals surface area contributed by atoms with Gasteiger partial charge in [0.15, 0.2) is 0 Å². The van der Waals surface area contributed by atoms with Crippen LogP contribution < -0.4 is 9.46 Å². The summed E-state index contributed by atoms with van der Waals surface area (Å²) in [5.41, 5.74) is 2.75. The van der Waals surface area contributed by atoms with Crippen LogP contribution in [-0.4, -0.2) is 32.4 Å². The first-order valence-electron chi connectivity index (χ1n) is 10.7. The van der Waals surface area contributed by atoms with Crippen LogP contribution in [-0.2, 0) is 16.6 Å². The van der Waals surface area contributed by atoms with Gasteiger partial charge in [0.1, 0.15) is 5.75 Å². The molecule has 0 saturated heterocycles. The zero-order valence-electron chi connectivity index (χ0n) is 18.3. The first-order chi connectivity index (χ1) is 15.9. The minimum Gasteiger partial charge on any atom is -0.497 e. The Bertz CT molecular complexity index is 1220. The van der Waals surface area contributed by atoms with E-state index < -0.39 is 10.0 Å². The van der Waals surface area contributed by atoms with Gasteiger partial charge in [-0.1, -0.05) is 42.5 Å². The standard InChI is InChI=1S/C26H26N2O4S/c1-32-25-15-7-21(8-16-25)19-28(24-13-14-24)26(29)22-9-11-23(12-10-22)27-33(30,31)18-17-20-5-3-2-4-6-20/h2-12,15-18,24,27H,13-14,19H2,1H3/b18-17+. The second-order valence-electron chi connectivity index (χ2n) is 7.95. The number of anilines is 1. The lowest BCUT2D eigenvalue weighted by atomic mass is 10.1. The van der Waals surface area contributed by atoms with Crippen LogP contribution in [0, 0.1) is 0 Å². The van der Waals surface area contributed by atoms with Crippen molar-refractivity contribution in [1.82, 2.24) is 4.90 Å². The van der Waals surface area contributed by atoms with E-state index in [1.54, 1.807) is 31.4 Å². The summed E-state index contributed by atoms with van der Waals surface area (Å²) in [6.45, 7) is 0.520. The van der Waals surface area contributed by atoms with Crippen LogP contribution in [0.1, 0.15) is 34.3 Å². The number of sulfonamides is 1. The van der Waals surface area contributed by atoms with Crippen molar-refractivity contribution in [3.8, 4) is 5.75 Å². The fourth-order valence-electron chi connectivity index (χ4n) is 3.46. The van der Waals surface area contributed by atoms with Crippen molar-refractivity contribution < 1.29 is 17.9 Å². The summed E-state index contributed by atoms with van der Waals surface area (Å²) in [4.78, 5) is 15.0. The second-order valence-corrected chi connectivity index (χ2v) is 9.52. The highest BCUT2D eigenvalue weighted by atomic mass is 32.2. The molecule has 0 bridgehead atoms. The molecule has 0 heterocycles. The zero-order valence-corrected chi connectivity index (χ0v) is 19.2. The third-order valence-electron chi connectivity index (χ3n) is 5.39. The Morgan fingerprint density at radius 1 is 1.00 bits per heavy atom. The fraction of sp³-hybridized carbons (Fsp3) is 0.192. The Morgan fingerprint density at radius 2 is 1.67 bits per heavy atom. The average Bonchev–Trinajstić information content (AvgIpc) is 3.68. The van der Waals surface area contributed by atoms with Crippen LogP contribution in [0.25, 0.3) is 6.08 Å². The fourth-order valence-corrected chi connectivity index (χ4v) is 4.33. The predicted molar refractivity (Wildman–Crippen MR) is 130 cm³/mol.